The van der Waals surface area contributed by atoms with Gasteiger partial charge in [0.05, 0.1) is 4.92 Å². The van der Waals surface area contributed by atoms with Gasteiger partial charge in [-0.25, -0.2) is 0 Å². The van der Waals surface area contributed by atoms with Gasteiger partial charge in [0.25, 0.3) is 5.69 Å². The fraction of sp³-hybridized carbons (Fsp3) is 0.333. The van der Waals surface area contributed by atoms with Gasteiger partial charge < -0.3 is 9.84 Å². The van der Waals surface area contributed by atoms with Crippen molar-refractivity contribution in [1.29, 1.82) is 0 Å². The average Bonchev–Trinajstić information content (AvgIpc) is 2.89. The zero-order valence-electron chi connectivity index (χ0n) is 10.5. The van der Waals surface area contributed by atoms with Crippen LogP contribution in [-0.4, -0.2) is 21.6 Å². The second-order valence-corrected chi connectivity index (χ2v) is 4.09. The van der Waals surface area contributed by atoms with Crippen LogP contribution in [0.1, 0.15) is 17.0 Å². The molecule has 0 saturated heterocycles. The molecule has 0 amide bonds. The van der Waals surface area contributed by atoms with E-state index in [9.17, 15) is 10.1 Å². The van der Waals surface area contributed by atoms with E-state index < -0.39 is 0 Å². The van der Waals surface area contributed by atoms with Crippen molar-refractivity contribution in [3.63, 3.8) is 0 Å². The number of rotatable bonds is 6. The second kappa shape index (κ2) is 6.05. The van der Waals surface area contributed by atoms with E-state index in [1.807, 2.05) is 6.07 Å². The summed E-state index contributed by atoms with van der Waals surface area (Å²) in [4.78, 5) is 14.4. The lowest BCUT2D eigenvalue weighted by Gasteiger charge is -2.07. The third-order valence-electron chi connectivity index (χ3n) is 2.86. The van der Waals surface area contributed by atoms with Crippen molar-refractivity contribution >= 4 is 5.69 Å². The molecule has 7 nitrogen and oxygen atoms in total. The minimum absolute atomic E-state index is 0.150. The van der Waals surface area contributed by atoms with Crippen molar-refractivity contribution in [3.8, 4) is 0 Å². The molecule has 1 heterocycles. The molecule has 0 aliphatic heterocycles. The first-order chi connectivity index (χ1) is 9.18. The van der Waals surface area contributed by atoms with Crippen LogP contribution in [0, 0.1) is 17.0 Å². The van der Waals surface area contributed by atoms with Crippen molar-refractivity contribution in [3.05, 3.63) is 51.7 Å². The van der Waals surface area contributed by atoms with Crippen molar-refractivity contribution in [2.24, 2.45) is 0 Å². The Kier molecular flexibility index (Phi) is 4.19. The normalized spacial score (nSPS) is 10.6. The van der Waals surface area contributed by atoms with Crippen LogP contribution < -0.4 is 5.32 Å². The zero-order chi connectivity index (χ0) is 13.7. The Hall–Kier alpha value is -2.28. The monoisotopic (exact) mass is 262 g/mol. The van der Waals surface area contributed by atoms with E-state index in [-0.39, 0.29) is 10.6 Å². The summed E-state index contributed by atoms with van der Waals surface area (Å²) in [5.74, 6) is 0.642. The summed E-state index contributed by atoms with van der Waals surface area (Å²) in [6, 6.07) is 5.09. The lowest BCUT2D eigenvalue weighted by Crippen LogP contribution is -2.18. The van der Waals surface area contributed by atoms with E-state index >= 15 is 0 Å². The Morgan fingerprint density at radius 1 is 1.47 bits per heavy atom. The predicted octanol–water partition coefficient (Wildman–Crippen LogP) is 1.62. The third-order valence-corrected chi connectivity index (χ3v) is 2.86. The Morgan fingerprint density at radius 2 is 2.32 bits per heavy atom. The Labute approximate surface area is 109 Å². The largest absolute Gasteiger partial charge is 0.343 e. The molecular weight excluding hydrogens is 248 g/mol. The number of nitrogens with one attached hydrogen (secondary N) is 1. The highest BCUT2D eigenvalue weighted by molar-refractivity contribution is 5.44. The quantitative estimate of drug-likeness (QED) is 0.483. The highest BCUT2D eigenvalue weighted by Crippen LogP contribution is 2.20. The Balaban J connectivity index is 1.89. The number of benzene rings is 1. The smallest absolute Gasteiger partial charge is 0.272 e. The molecule has 7 heteroatoms. The molecule has 0 saturated carbocycles. The first-order valence-electron chi connectivity index (χ1n) is 5.87. The molecule has 0 unspecified atom stereocenters. The number of nitrogens with zero attached hydrogens (tertiary/aromatic N) is 3. The summed E-state index contributed by atoms with van der Waals surface area (Å²) in [5, 5.41) is 17.7. The minimum atomic E-state index is -0.363. The summed E-state index contributed by atoms with van der Waals surface area (Å²) in [7, 11) is 0. The molecule has 0 bridgehead atoms. The van der Waals surface area contributed by atoms with Crippen molar-refractivity contribution in [2.45, 2.75) is 19.9 Å². The molecule has 19 heavy (non-hydrogen) atoms. The van der Waals surface area contributed by atoms with E-state index in [1.54, 1.807) is 13.0 Å². The van der Waals surface area contributed by atoms with Crippen LogP contribution >= 0.6 is 0 Å². The first-order valence-corrected chi connectivity index (χ1v) is 5.87. The molecule has 0 spiro atoms. The zero-order valence-corrected chi connectivity index (χ0v) is 10.5. The van der Waals surface area contributed by atoms with Crippen LogP contribution in [0.15, 0.2) is 29.1 Å². The molecule has 0 atom stereocenters. The third kappa shape index (κ3) is 3.35. The lowest BCUT2D eigenvalue weighted by molar-refractivity contribution is -0.385. The summed E-state index contributed by atoms with van der Waals surface area (Å²) < 4.78 is 4.63. The minimum Gasteiger partial charge on any atom is -0.343 e. The predicted molar refractivity (Wildman–Crippen MR) is 67.5 cm³/mol. The number of hydrogen-bond donors (Lipinski definition) is 1. The summed E-state index contributed by atoms with van der Waals surface area (Å²) in [6.45, 7) is 3.02. The highest BCUT2D eigenvalue weighted by atomic mass is 16.6. The molecule has 0 aliphatic carbocycles. The Bertz CT molecular complexity index is 554. The van der Waals surface area contributed by atoms with Crippen LogP contribution in [0.3, 0.4) is 0 Å². The van der Waals surface area contributed by atoms with E-state index in [2.05, 4.69) is 20.0 Å². The van der Waals surface area contributed by atoms with Crippen LogP contribution in [0.2, 0.25) is 0 Å². The number of nitro groups is 1. The average molecular weight is 262 g/mol. The van der Waals surface area contributed by atoms with Gasteiger partial charge in [0.15, 0.2) is 5.82 Å². The van der Waals surface area contributed by atoms with E-state index in [0.29, 0.717) is 30.9 Å². The maximum absolute atomic E-state index is 10.8. The van der Waals surface area contributed by atoms with Gasteiger partial charge in [-0.3, -0.25) is 10.1 Å². The van der Waals surface area contributed by atoms with Crippen molar-refractivity contribution in [1.82, 2.24) is 15.5 Å². The second-order valence-electron chi connectivity index (χ2n) is 4.09. The molecule has 2 rings (SSSR count). The highest BCUT2D eigenvalue weighted by Gasteiger charge is 2.12. The summed E-state index contributed by atoms with van der Waals surface area (Å²) in [5.41, 5.74) is 1.76. The Morgan fingerprint density at radius 3 is 3.00 bits per heavy atom. The fourth-order valence-electron chi connectivity index (χ4n) is 1.79. The van der Waals surface area contributed by atoms with E-state index in [1.165, 1.54) is 12.5 Å². The molecule has 1 N–H and O–H groups in total. The number of aromatic nitrogens is 2. The molecule has 0 aliphatic rings. The van der Waals surface area contributed by atoms with Gasteiger partial charge in [0, 0.05) is 31.1 Å². The van der Waals surface area contributed by atoms with Gasteiger partial charge in [-0.2, -0.15) is 4.98 Å². The van der Waals surface area contributed by atoms with Gasteiger partial charge in [0.2, 0.25) is 6.39 Å². The molecule has 2 aromatic rings. The maximum Gasteiger partial charge on any atom is 0.272 e. The first kappa shape index (κ1) is 13.2. The topological polar surface area (TPSA) is 94.1 Å². The van der Waals surface area contributed by atoms with Gasteiger partial charge in [-0.05, 0) is 12.5 Å². The molecule has 100 valence electrons. The van der Waals surface area contributed by atoms with E-state index in [0.717, 1.165) is 5.56 Å². The van der Waals surface area contributed by atoms with Crippen molar-refractivity contribution in [2.75, 3.05) is 6.54 Å². The van der Waals surface area contributed by atoms with Crippen molar-refractivity contribution < 1.29 is 9.45 Å². The van der Waals surface area contributed by atoms with Crippen LogP contribution in [0.5, 0.6) is 0 Å². The van der Waals surface area contributed by atoms with Gasteiger partial charge in [0.1, 0.15) is 0 Å². The molecular formula is C12H14N4O3. The SMILES string of the molecule is Cc1c(CNCCc2ncon2)cccc1[N+](=O)[O-]. The number of nitro benzene ring substituents is 1. The molecule has 0 fully saturated rings. The maximum atomic E-state index is 10.8. The van der Waals surface area contributed by atoms with Gasteiger partial charge >= 0.3 is 0 Å². The lowest BCUT2D eigenvalue weighted by atomic mass is 10.1. The number of hydrogen-bond acceptors (Lipinski definition) is 6. The van der Waals surface area contributed by atoms with Gasteiger partial charge in [-0.1, -0.05) is 17.3 Å². The fourth-order valence-corrected chi connectivity index (χ4v) is 1.79. The standard InChI is InChI=1S/C12H14N4O3/c1-9-10(3-2-4-11(9)16(17)18)7-13-6-5-12-14-8-19-15-12/h2-4,8,13H,5-7H2,1H3. The molecule has 1 aromatic heterocycles. The molecule has 0 radical (unpaired) electrons. The molecule has 1 aromatic carbocycles. The summed E-state index contributed by atoms with van der Waals surface area (Å²) >= 11 is 0. The summed E-state index contributed by atoms with van der Waals surface area (Å²) in [6.07, 6.45) is 1.95. The van der Waals surface area contributed by atoms with E-state index in [4.69, 9.17) is 0 Å². The van der Waals surface area contributed by atoms with Crippen LogP contribution in [0.4, 0.5) is 5.69 Å². The van der Waals surface area contributed by atoms with Crippen LogP contribution in [-0.2, 0) is 13.0 Å². The van der Waals surface area contributed by atoms with Crippen LogP contribution in [0.25, 0.3) is 0 Å². The van der Waals surface area contributed by atoms with Gasteiger partial charge in [-0.15, -0.1) is 0 Å².